The summed E-state index contributed by atoms with van der Waals surface area (Å²) in [4.78, 5) is 23.8. The van der Waals surface area contributed by atoms with Crippen LogP contribution in [0.3, 0.4) is 0 Å². The molecule has 2 atom stereocenters. The molecule has 1 aromatic heterocycles. The van der Waals surface area contributed by atoms with Crippen LogP contribution in [-0.4, -0.2) is 40.5 Å². The van der Waals surface area contributed by atoms with Crippen LogP contribution >= 0.6 is 0 Å². The highest BCUT2D eigenvalue weighted by Gasteiger charge is 2.38. The lowest BCUT2D eigenvalue weighted by Gasteiger charge is -2.07. The van der Waals surface area contributed by atoms with E-state index in [1.807, 2.05) is 0 Å². The second-order valence-electron chi connectivity index (χ2n) is 5.65. The summed E-state index contributed by atoms with van der Waals surface area (Å²) in [7, 11) is 0. The summed E-state index contributed by atoms with van der Waals surface area (Å²) in [6.07, 6.45) is 0.913. The number of alkyl halides is 1. The molecule has 1 amide bonds. The van der Waals surface area contributed by atoms with Crippen molar-refractivity contribution >= 4 is 11.9 Å². The van der Waals surface area contributed by atoms with Crippen molar-refractivity contribution in [3.05, 3.63) is 47.3 Å². The van der Waals surface area contributed by atoms with Crippen molar-refractivity contribution in [2.24, 2.45) is 0 Å². The molecule has 1 aliphatic carbocycles. The highest BCUT2D eigenvalue weighted by Crippen LogP contribution is 2.25. The topological polar surface area (TPSA) is 73.2 Å². The summed E-state index contributed by atoms with van der Waals surface area (Å²) in [5.74, 6) is -0.710. The van der Waals surface area contributed by atoms with E-state index in [9.17, 15) is 14.0 Å². The Labute approximate surface area is 138 Å². The van der Waals surface area contributed by atoms with Crippen LogP contribution in [0.4, 0.5) is 4.39 Å². The monoisotopic (exact) mass is 331 g/mol. The summed E-state index contributed by atoms with van der Waals surface area (Å²) in [5, 5.41) is 6.82. The van der Waals surface area contributed by atoms with E-state index in [-0.39, 0.29) is 11.9 Å². The Hall–Kier alpha value is -2.70. The molecule has 1 aliphatic rings. The van der Waals surface area contributed by atoms with Crippen LogP contribution in [0.5, 0.6) is 0 Å². The van der Waals surface area contributed by atoms with Crippen LogP contribution in [0.15, 0.2) is 30.5 Å². The van der Waals surface area contributed by atoms with Gasteiger partial charge < -0.3 is 10.1 Å². The molecule has 0 saturated heterocycles. The zero-order valence-electron chi connectivity index (χ0n) is 13.5. The van der Waals surface area contributed by atoms with E-state index in [0.717, 1.165) is 5.69 Å². The summed E-state index contributed by atoms with van der Waals surface area (Å²) in [5.41, 5.74) is 2.23. The van der Waals surface area contributed by atoms with Crippen LogP contribution in [0, 0.1) is 6.92 Å². The van der Waals surface area contributed by atoms with Crippen molar-refractivity contribution in [3.8, 4) is 5.69 Å². The number of ether oxygens (including phenoxy) is 1. The third kappa shape index (κ3) is 3.15. The van der Waals surface area contributed by atoms with Gasteiger partial charge in [-0.3, -0.25) is 4.79 Å². The normalized spacial score (nSPS) is 19.0. The highest BCUT2D eigenvalue weighted by atomic mass is 19.1. The molecule has 0 radical (unpaired) electrons. The highest BCUT2D eigenvalue weighted by molar-refractivity contribution is 5.95. The Kier molecular flexibility index (Phi) is 4.33. The van der Waals surface area contributed by atoms with Crippen LogP contribution in [0.1, 0.15) is 39.8 Å². The van der Waals surface area contributed by atoms with E-state index in [4.69, 9.17) is 4.74 Å². The molecule has 1 N–H and O–H groups in total. The zero-order valence-corrected chi connectivity index (χ0v) is 13.5. The second kappa shape index (κ2) is 6.43. The number of aromatic nitrogens is 2. The molecule has 24 heavy (non-hydrogen) atoms. The third-order valence-corrected chi connectivity index (χ3v) is 3.91. The van der Waals surface area contributed by atoms with Gasteiger partial charge in [-0.25, -0.2) is 13.9 Å². The Morgan fingerprint density at radius 2 is 2.04 bits per heavy atom. The number of esters is 1. The smallest absolute Gasteiger partial charge is 0.341 e. The van der Waals surface area contributed by atoms with Gasteiger partial charge in [-0.2, -0.15) is 5.10 Å². The van der Waals surface area contributed by atoms with Gasteiger partial charge in [0.15, 0.2) is 0 Å². The molecule has 0 unspecified atom stereocenters. The van der Waals surface area contributed by atoms with Gasteiger partial charge in [0.05, 0.1) is 30.2 Å². The van der Waals surface area contributed by atoms with E-state index in [1.165, 1.54) is 6.20 Å². The van der Waals surface area contributed by atoms with Crippen molar-refractivity contribution in [3.63, 3.8) is 0 Å². The fourth-order valence-electron chi connectivity index (χ4n) is 2.40. The molecule has 1 heterocycles. The minimum absolute atomic E-state index is 0.295. The van der Waals surface area contributed by atoms with Gasteiger partial charge in [-0.05, 0) is 38.1 Å². The van der Waals surface area contributed by atoms with Crippen molar-refractivity contribution in [1.29, 1.82) is 0 Å². The van der Waals surface area contributed by atoms with Crippen molar-refractivity contribution in [1.82, 2.24) is 15.1 Å². The van der Waals surface area contributed by atoms with Gasteiger partial charge in [0, 0.05) is 12.0 Å². The van der Waals surface area contributed by atoms with E-state index in [1.54, 1.807) is 42.8 Å². The van der Waals surface area contributed by atoms with E-state index < -0.39 is 12.1 Å². The first-order valence-electron chi connectivity index (χ1n) is 7.78. The molecule has 0 aliphatic heterocycles. The molecule has 1 aromatic carbocycles. The molecule has 126 valence electrons. The minimum Gasteiger partial charge on any atom is -0.462 e. The average molecular weight is 331 g/mol. The number of carbonyl (C=O) groups is 2. The number of nitrogens with zero attached hydrogens (tertiary/aromatic N) is 2. The quantitative estimate of drug-likeness (QED) is 0.853. The van der Waals surface area contributed by atoms with Crippen molar-refractivity contribution in [2.45, 2.75) is 32.5 Å². The summed E-state index contributed by atoms with van der Waals surface area (Å²) >= 11 is 0. The van der Waals surface area contributed by atoms with Gasteiger partial charge in [0.1, 0.15) is 11.7 Å². The summed E-state index contributed by atoms with van der Waals surface area (Å²) in [6, 6.07) is 6.38. The maximum atomic E-state index is 12.8. The van der Waals surface area contributed by atoms with E-state index in [2.05, 4.69) is 10.4 Å². The number of hydrogen-bond donors (Lipinski definition) is 1. The molecular weight excluding hydrogens is 313 g/mol. The number of carbonyl (C=O) groups excluding carboxylic acids is 2. The molecule has 3 rings (SSSR count). The van der Waals surface area contributed by atoms with Gasteiger partial charge in [0.25, 0.3) is 5.91 Å². The first-order chi connectivity index (χ1) is 11.5. The first kappa shape index (κ1) is 16.2. The van der Waals surface area contributed by atoms with Crippen LogP contribution in [0.25, 0.3) is 5.69 Å². The second-order valence-corrected chi connectivity index (χ2v) is 5.65. The molecule has 0 spiro atoms. The van der Waals surface area contributed by atoms with Gasteiger partial charge in [-0.15, -0.1) is 0 Å². The molecule has 2 aromatic rings. The largest absolute Gasteiger partial charge is 0.462 e. The average Bonchev–Trinajstić information content (AvgIpc) is 3.11. The Morgan fingerprint density at radius 1 is 1.38 bits per heavy atom. The Bertz CT molecular complexity index is 770. The lowest BCUT2D eigenvalue weighted by molar-refractivity contribution is 0.0525. The molecule has 7 heteroatoms. The maximum absolute atomic E-state index is 12.8. The molecule has 6 nitrogen and oxygen atoms in total. The standard InChI is InChI=1S/C17H18FN3O3/c1-3-24-17(23)13-9-19-21(10(13)2)12-6-4-11(5-7-12)16(22)20-15-8-14(15)18/h4-7,9,14-15H,3,8H2,1-2H3,(H,20,22)/t14-,15+/m0/s1. The minimum atomic E-state index is -0.929. The fourth-order valence-corrected chi connectivity index (χ4v) is 2.40. The van der Waals surface area contributed by atoms with Crippen LogP contribution < -0.4 is 5.32 Å². The zero-order chi connectivity index (χ0) is 17.3. The van der Waals surface area contributed by atoms with Gasteiger partial charge >= 0.3 is 5.97 Å². The first-order valence-corrected chi connectivity index (χ1v) is 7.78. The predicted molar refractivity (Wildman–Crippen MR) is 85.0 cm³/mol. The number of benzene rings is 1. The number of rotatable bonds is 5. The molecule has 1 fully saturated rings. The number of hydrogen-bond acceptors (Lipinski definition) is 4. The predicted octanol–water partition coefficient (Wildman–Crippen LogP) is 2.20. The van der Waals surface area contributed by atoms with Crippen molar-refractivity contribution < 1.29 is 18.7 Å². The van der Waals surface area contributed by atoms with Crippen LogP contribution in [0.2, 0.25) is 0 Å². The van der Waals surface area contributed by atoms with Gasteiger partial charge in [0.2, 0.25) is 0 Å². The molecular formula is C17H18FN3O3. The molecule has 0 bridgehead atoms. The lowest BCUT2D eigenvalue weighted by atomic mass is 10.2. The summed E-state index contributed by atoms with van der Waals surface area (Å²) < 4.78 is 19.4. The number of amides is 1. The Morgan fingerprint density at radius 3 is 2.62 bits per heavy atom. The lowest BCUT2D eigenvalue weighted by Crippen LogP contribution is -2.27. The maximum Gasteiger partial charge on any atom is 0.341 e. The Balaban J connectivity index is 1.76. The van der Waals surface area contributed by atoms with Crippen molar-refractivity contribution in [2.75, 3.05) is 6.61 Å². The van der Waals surface area contributed by atoms with E-state index >= 15 is 0 Å². The third-order valence-electron chi connectivity index (χ3n) is 3.91. The van der Waals surface area contributed by atoms with Gasteiger partial charge in [-0.1, -0.05) is 0 Å². The SMILES string of the molecule is CCOC(=O)c1cnn(-c2ccc(C(=O)N[C@@H]3C[C@@H]3F)cc2)c1C. The summed E-state index contributed by atoms with van der Waals surface area (Å²) in [6.45, 7) is 3.82. The number of nitrogens with one attached hydrogen (secondary N) is 1. The molecule has 1 saturated carbocycles. The fraction of sp³-hybridized carbons (Fsp3) is 0.353. The number of halogens is 1. The van der Waals surface area contributed by atoms with E-state index in [0.29, 0.717) is 29.8 Å². The van der Waals surface area contributed by atoms with Crippen LogP contribution in [-0.2, 0) is 4.74 Å².